The molecule has 0 aromatic carbocycles. The molecule has 16 heavy (non-hydrogen) atoms. The number of carboxylic acid groups (broad SMARTS) is 1. The van der Waals surface area contributed by atoms with Gasteiger partial charge in [0.2, 0.25) is 0 Å². The summed E-state index contributed by atoms with van der Waals surface area (Å²) in [5.74, 6) is -0.781. The van der Waals surface area contributed by atoms with Crippen LogP contribution in [0.25, 0.3) is 4.96 Å². The standard InChI is InChI=1S/C10H12N2O3S/c1-15-5-7-4-12-8(2-3-9(13)14)6-16-10(12)11-7/h4,6H,2-3,5H2,1H3,(H,13,14). The second kappa shape index (κ2) is 4.63. The number of carbonyl (C=O) groups is 1. The molecule has 0 radical (unpaired) electrons. The second-order valence-electron chi connectivity index (χ2n) is 3.44. The zero-order valence-corrected chi connectivity index (χ0v) is 9.66. The van der Waals surface area contributed by atoms with E-state index in [9.17, 15) is 4.79 Å². The van der Waals surface area contributed by atoms with E-state index < -0.39 is 5.97 Å². The zero-order valence-electron chi connectivity index (χ0n) is 8.84. The van der Waals surface area contributed by atoms with Crippen LogP contribution in [0.5, 0.6) is 0 Å². The SMILES string of the molecule is COCc1cn2c(CCC(=O)O)csc2n1. The van der Waals surface area contributed by atoms with E-state index in [-0.39, 0.29) is 6.42 Å². The minimum absolute atomic E-state index is 0.142. The van der Waals surface area contributed by atoms with E-state index >= 15 is 0 Å². The molecule has 1 N–H and O–H groups in total. The molecule has 0 saturated heterocycles. The average Bonchev–Trinajstić information content (AvgIpc) is 2.75. The van der Waals surface area contributed by atoms with E-state index in [4.69, 9.17) is 9.84 Å². The molecule has 2 heterocycles. The Morgan fingerprint density at radius 1 is 1.69 bits per heavy atom. The molecule has 0 unspecified atom stereocenters. The lowest BCUT2D eigenvalue weighted by molar-refractivity contribution is -0.136. The normalized spacial score (nSPS) is 11.1. The van der Waals surface area contributed by atoms with Gasteiger partial charge in [-0.25, -0.2) is 4.98 Å². The first-order chi connectivity index (χ1) is 7.70. The molecule has 0 saturated carbocycles. The lowest BCUT2D eigenvalue weighted by Gasteiger charge is -1.95. The summed E-state index contributed by atoms with van der Waals surface area (Å²) in [6, 6.07) is 0. The van der Waals surface area contributed by atoms with Gasteiger partial charge in [-0.15, -0.1) is 11.3 Å². The maximum atomic E-state index is 10.5. The Hall–Kier alpha value is -1.40. The second-order valence-corrected chi connectivity index (χ2v) is 4.28. The Balaban J connectivity index is 2.21. The van der Waals surface area contributed by atoms with E-state index in [1.54, 1.807) is 7.11 Å². The first-order valence-corrected chi connectivity index (χ1v) is 5.73. The molecule has 0 fully saturated rings. The van der Waals surface area contributed by atoms with Gasteiger partial charge in [0.15, 0.2) is 4.96 Å². The Bertz CT molecular complexity index is 503. The van der Waals surface area contributed by atoms with Crippen LogP contribution in [0.1, 0.15) is 17.8 Å². The molecule has 0 amide bonds. The summed E-state index contributed by atoms with van der Waals surface area (Å²) < 4.78 is 6.93. The van der Waals surface area contributed by atoms with Crippen molar-refractivity contribution in [2.24, 2.45) is 0 Å². The highest BCUT2D eigenvalue weighted by molar-refractivity contribution is 7.15. The first-order valence-electron chi connectivity index (χ1n) is 4.86. The molecule has 2 aromatic rings. The van der Waals surface area contributed by atoms with Crippen molar-refractivity contribution in [3.05, 3.63) is 23.0 Å². The highest BCUT2D eigenvalue weighted by atomic mass is 32.1. The quantitative estimate of drug-likeness (QED) is 0.861. The molecule has 0 aliphatic heterocycles. The zero-order chi connectivity index (χ0) is 11.5. The Morgan fingerprint density at radius 2 is 2.50 bits per heavy atom. The summed E-state index contributed by atoms with van der Waals surface area (Å²) in [6.07, 6.45) is 2.56. The molecule has 6 heteroatoms. The summed E-state index contributed by atoms with van der Waals surface area (Å²) in [5, 5.41) is 10.6. The topological polar surface area (TPSA) is 63.8 Å². The maximum Gasteiger partial charge on any atom is 0.303 e. The predicted octanol–water partition coefficient (Wildman–Crippen LogP) is 1.56. The number of hydrogen-bond donors (Lipinski definition) is 1. The predicted molar refractivity (Wildman–Crippen MR) is 59.7 cm³/mol. The summed E-state index contributed by atoms with van der Waals surface area (Å²) in [5.41, 5.74) is 1.85. The van der Waals surface area contributed by atoms with Crippen molar-refractivity contribution in [1.29, 1.82) is 0 Å². The number of aliphatic carboxylic acids is 1. The average molecular weight is 240 g/mol. The lowest BCUT2D eigenvalue weighted by Crippen LogP contribution is -1.99. The number of thiazole rings is 1. The van der Waals surface area contributed by atoms with Crippen LogP contribution in [0, 0.1) is 0 Å². The molecule has 2 aromatic heterocycles. The molecule has 86 valence electrons. The van der Waals surface area contributed by atoms with Gasteiger partial charge in [0, 0.05) is 24.4 Å². The number of imidazole rings is 1. The molecule has 0 bridgehead atoms. The molecule has 0 spiro atoms. The number of carboxylic acids is 1. The van der Waals surface area contributed by atoms with E-state index in [0.717, 1.165) is 16.3 Å². The van der Waals surface area contributed by atoms with E-state index in [1.807, 2.05) is 16.0 Å². The highest BCUT2D eigenvalue weighted by Gasteiger charge is 2.09. The van der Waals surface area contributed by atoms with Crippen LogP contribution in [-0.4, -0.2) is 27.6 Å². The van der Waals surface area contributed by atoms with Gasteiger partial charge in [0.25, 0.3) is 0 Å². The minimum Gasteiger partial charge on any atom is -0.481 e. The van der Waals surface area contributed by atoms with Crippen molar-refractivity contribution in [2.75, 3.05) is 7.11 Å². The van der Waals surface area contributed by atoms with Crippen LogP contribution >= 0.6 is 11.3 Å². The number of hydrogen-bond acceptors (Lipinski definition) is 4. The van der Waals surface area contributed by atoms with Crippen molar-refractivity contribution in [1.82, 2.24) is 9.38 Å². The van der Waals surface area contributed by atoms with Crippen molar-refractivity contribution in [2.45, 2.75) is 19.4 Å². The molecular formula is C10H12N2O3S. The van der Waals surface area contributed by atoms with Gasteiger partial charge in [-0.2, -0.15) is 0 Å². The Morgan fingerprint density at radius 3 is 3.19 bits per heavy atom. The monoisotopic (exact) mass is 240 g/mol. The fraction of sp³-hybridized carbons (Fsp3) is 0.400. The van der Waals surface area contributed by atoms with Crippen LogP contribution < -0.4 is 0 Å². The van der Waals surface area contributed by atoms with Crippen LogP contribution in [0.4, 0.5) is 0 Å². The number of rotatable bonds is 5. The molecule has 5 nitrogen and oxygen atoms in total. The third kappa shape index (κ3) is 2.23. The Kier molecular flexibility index (Phi) is 3.21. The van der Waals surface area contributed by atoms with Gasteiger partial charge < -0.3 is 9.84 Å². The van der Waals surface area contributed by atoms with Crippen molar-refractivity contribution >= 4 is 22.3 Å². The molecule has 0 atom stereocenters. The minimum atomic E-state index is -0.781. The summed E-state index contributed by atoms with van der Waals surface area (Å²) >= 11 is 1.52. The van der Waals surface area contributed by atoms with Gasteiger partial charge in [-0.3, -0.25) is 9.20 Å². The van der Waals surface area contributed by atoms with Gasteiger partial charge in [0.1, 0.15) is 0 Å². The first kappa shape index (κ1) is 11.1. The van der Waals surface area contributed by atoms with Crippen LogP contribution in [0.2, 0.25) is 0 Å². The van der Waals surface area contributed by atoms with Crippen LogP contribution in [-0.2, 0) is 22.6 Å². The van der Waals surface area contributed by atoms with Gasteiger partial charge >= 0.3 is 5.97 Å². The van der Waals surface area contributed by atoms with Crippen molar-refractivity contribution in [3.63, 3.8) is 0 Å². The molecule has 2 rings (SSSR count). The number of nitrogens with zero attached hydrogens (tertiary/aromatic N) is 2. The van der Waals surface area contributed by atoms with E-state index in [0.29, 0.717) is 13.0 Å². The molecule has 0 aliphatic carbocycles. The smallest absolute Gasteiger partial charge is 0.303 e. The fourth-order valence-corrected chi connectivity index (χ4v) is 2.43. The summed E-state index contributed by atoms with van der Waals surface area (Å²) in [4.78, 5) is 15.7. The largest absolute Gasteiger partial charge is 0.481 e. The van der Waals surface area contributed by atoms with E-state index in [2.05, 4.69) is 4.98 Å². The molecule has 0 aliphatic rings. The van der Waals surface area contributed by atoms with Gasteiger partial charge in [-0.05, 0) is 6.42 Å². The number of fused-ring (bicyclic) bond motifs is 1. The maximum absolute atomic E-state index is 10.5. The molecular weight excluding hydrogens is 228 g/mol. The number of ether oxygens (including phenoxy) is 1. The van der Waals surface area contributed by atoms with Crippen molar-refractivity contribution < 1.29 is 14.6 Å². The summed E-state index contributed by atoms with van der Waals surface area (Å²) in [7, 11) is 1.62. The number of aromatic nitrogens is 2. The Labute approximate surface area is 96.3 Å². The number of methoxy groups -OCH3 is 1. The highest BCUT2D eigenvalue weighted by Crippen LogP contribution is 2.18. The van der Waals surface area contributed by atoms with Crippen LogP contribution in [0.15, 0.2) is 11.6 Å². The van der Waals surface area contributed by atoms with Gasteiger partial charge in [-0.1, -0.05) is 0 Å². The van der Waals surface area contributed by atoms with E-state index in [1.165, 1.54) is 11.3 Å². The summed E-state index contributed by atoms with van der Waals surface area (Å²) in [6.45, 7) is 0.479. The number of aryl methyl sites for hydroxylation is 1. The van der Waals surface area contributed by atoms with Crippen molar-refractivity contribution in [3.8, 4) is 0 Å². The van der Waals surface area contributed by atoms with Crippen LogP contribution in [0.3, 0.4) is 0 Å². The lowest BCUT2D eigenvalue weighted by atomic mass is 10.2. The third-order valence-corrected chi connectivity index (χ3v) is 3.11. The fourth-order valence-electron chi connectivity index (χ4n) is 1.51. The third-order valence-electron chi connectivity index (χ3n) is 2.22. The van der Waals surface area contributed by atoms with Gasteiger partial charge in [0.05, 0.1) is 18.7 Å².